The summed E-state index contributed by atoms with van der Waals surface area (Å²) in [6.45, 7) is 3.26. The number of nitrogens with one attached hydrogen (secondary N) is 2. The molecular formula is C16H20N4O. The van der Waals surface area contributed by atoms with Crippen LogP contribution in [0.25, 0.3) is 0 Å². The molecule has 110 valence electrons. The van der Waals surface area contributed by atoms with E-state index < -0.39 is 0 Å². The minimum Gasteiger partial charge on any atom is -0.397 e. The van der Waals surface area contributed by atoms with Gasteiger partial charge in [-0.05, 0) is 49.2 Å². The molecule has 5 heteroatoms. The Labute approximate surface area is 124 Å². The molecule has 0 saturated carbocycles. The van der Waals surface area contributed by atoms with Crippen LogP contribution in [0.1, 0.15) is 22.8 Å². The summed E-state index contributed by atoms with van der Waals surface area (Å²) in [6.07, 6.45) is 4.45. The van der Waals surface area contributed by atoms with E-state index in [2.05, 4.69) is 15.6 Å². The molecule has 1 aromatic carbocycles. The van der Waals surface area contributed by atoms with E-state index in [-0.39, 0.29) is 5.91 Å². The number of rotatable bonds is 6. The van der Waals surface area contributed by atoms with Crippen LogP contribution in [0.2, 0.25) is 0 Å². The van der Waals surface area contributed by atoms with Crippen molar-refractivity contribution >= 4 is 17.3 Å². The van der Waals surface area contributed by atoms with Gasteiger partial charge in [-0.3, -0.25) is 9.78 Å². The van der Waals surface area contributed by atoms with Crippen molar-refractivity contribution in [2.24, 2.45) is 0 Å². The molecule has 0 unspecified atom stereocenters. The minimum absolute atomic E-state index is 0.104. The second kappa shape index (κ2) is 7.28. The number of carbonyl (C=O) groups excluding carboxylic acids is 1. The van der Waals surface area contributed by atoms with Gasteiger partial charge in [0.2, 0.25) is 0 Å². The molecule has 0 atom stereocenters. The maximum Gasteiger partial charge on any atom is 0.251 e. The van der Waals surface area contributed by atoms with Crippen molar-refractivity contribution in [1.82, 2.24) is 10.3 Å². The van der Waals surface area contributed by atoms with Gasteiger partial charge in [-0.25, -0.2) is 0 Å². The Morgan fingerprint density at radius 1 is 1.24 bits per heavy atom. The van der Waals surface area contributed by atoms with E-state index in [1.807, 2.05) is 25.1 Å². The fraction of sp³-hybridized carbons (Fsp3) is 0.250. The summed E-state index contributed by atoms with van der Waals surface area (Å²) in [5.41, 5.74) is 9.20. The van der Waals surface area contributed by atoms with E-state index in [0.717, 1.165) is 18.7 Å². The van der Waals surface area contributed by atoms with Gasteiger partial charge < -0.3 is 16.4 Å². The van der Waals surface area contributed by atoms with Crippen LogP contribution in [0.5, 0.6) is 0 Å². The molecule has 1 heterocycles. The predicted molar refractivity (Wildman–Crippen MR) is 85.3 cm³/mol. The molecule has 0 aliphatic carbocycles. The standard InChI is InChI=1S/C16H20N4O/c1-2-19-16(21)13-3-4-15(14(17)11-13)20-10-7-12-5-8-18-9-6-12/h3-6,8-9,11,20H,2,7,10,17H2,1H3,(H,19,21). The normalized spacial score (nSPS) is 10.1. The Morgan fingerprint density at radius 3 is 2.67 bits per heavy atom. The maximum absolute atomic E-state index is 11.7. The molecule has 0 radical (unpaired) electrons. The zero-order chi connectivity index (χ0) is 15.1. The van der Waals surface area contributed by atoms with Gasteiger partial charge >= 0.3 is 0 Å². The van der Waals surface area contributed by atoms with Gasteiger partial charge in [0.1, 0.15) is 0 Å². The first kappa shape index (κ1) is 14.8. The van der Waals surface area contributed by atoms with Crippen molar-refractivity contribution in [2.75, 3.05) is 24.1 Å². The van der Waals surface area contributed by atoms with Crippen LogP contribution in [0.3, 0.4) is 0 Å². The summed E-state index contributed by atoms with van der Waals surface area (Å²) in [5.74, 6) is -0.104. The molecule has 2 rings (SSSR count). The summed E-state index contributed by atoms with van der Waals surface area (Å²) in [4.78, 5) is 15.7. The van der Waals surface area contributed by atoms with Crippen LogP contribution in [-0.4, -0.2) is 24.0 Å². The average Bonchev–Trinajstić information content (AvgIpc) is 2.50. The van der Waals surface area contributed by atoms with Gasteiger partial charge in [0, 0.05) is 31.0 Å². The van der Waals surface area contributed by atoms with Crippen molar-refractivity contribution in [3.05, 3.63) is 53.9 Å². The van der Waals surface area contributed by atoms with Crippen LogP contribution in [0.15, 0.2) is 42.7 Å². The zero-order valence-electron chi connectivity index (χ0n) is 12.1. The summed E-state index contributed by atoms with van der Waals surface area (Å²) < 4.78 is 0. The number of nitrogen functional groups attached to an aromatic ring is 1. The third kappa shape index (κ3) is 4.21. The summed E-state index contributed by atoms with van der Waals surface area (Å²) in [5, 5.41) is 6.03. The highest BCUT2D eigenvalue weighted by atomic mass is 16.1. The van der Waals surface area contributed by atoms with E-state index in [0.29, 0.717) is 17.8 Å². The van der Waals surface area contributed by atoms with E-state index in [4.69, 9.17) is 5.73 Å². The number of anilines is 2. The third-order valence-electron chi connectivity index (χ3n) is 3.13. The number of nitrogens with zero attached hydrogens (tertiary/aromatic N) is 1. The Bertz CT molecular complexity index is 598. The van der Waals surface area contributed by atoms with Crippen LogP contribution in [0, 0.1) is 0 Å². The Morgan fingerprint density at radius 2 is 2.00 bits per heavy atom. The van der Waals surface area contributed by atoms with Crippen molar-refractivity contribution < 1.29 is 4.79 Å². The summed E-state index contributed by atoms with van der Waals surface area (Å²) in [6, 6.07) is 9.29. The van der Waals surface area contributed by atoms with E-state index in [1.54, 1.807) is 24.5 Å². The lowest BCUT2D eigenvalue weighted by Gasteiger charge is -2.11. The Balaban J connectivity index is 1.93. The number of pyridine rings is 1. The van der Waals surface area contributed by atoms with Gasteiger partial charge in [-0.2, -0.15) is 0 Å². The molecule has 0 aliphatic rings. The lowest BCUT2D eigenvalue weighted by atomic mass is 10.1. The van der Waals surface area contributed by atoms with Gasteiger partial charge in [0.05, 0.1) is 11.4 Å². The minimum atomic E-state index is -0.104. The van der Waals surface area contributed by atoms with Gasteiger partial charge in [0.25, 0.3) is 5.91 Å². The van der Waals surface area contributed by atoms with Gasteiger partial charge in [-0.1, -0.05) is 0 Å². The van der Waals surface area contributed by atoms with Crippen LogP contribution in [-0.2, 0) is 6.42 Å². The second-order valence-electron chi connectivity index (χ2n) is 4.69. The molecule has 1 amide bonds. The van der Waals surface area contributed by atoms with Gasteiger partial charge in [0.15, 0.2) is 0 Å². The van der Waals surface area contributed by atoms with Crippen LogP contribution >= 0.6 is 0 Å². The lowest BCUT2D eigenvalue weighted by molar-refractivity contribution is 0.0956. The molecular weight excluding hydrogens is 264 g/mol. The highest BCUT2D eigenvalue weighted by Crippen LogP contribution is 2.19. The topological polar surface area (TPSA) is 80.0 Å². The van der Waals surface area contributed by atoms with Crippen molar-refractivity contribution in [1.29, 1.82) is 0 Å². The largest absolute Gasteiger partial charge is 0.397 e. The highest BCUT2D eigenvalue weighted by molar-refractivity contribution is 5.96. The van der Waals surface area contributed by atoms with Crippen molar-refractivity contribution in [2.45, 2.75) is 13.3 Å². The number of hydrogen-bond donors (Lipinski definition) is 3. The van der Waals surface area contributed by atoms with E-state index in [1.165, 1.54) is 5.56 Å². The van der Waals surface area contributed by atoms with Gasteiger partial charge in [-0.15, -0.1) is 0 Å². The van der Waals surface area contributed by atoms with E-state index >= 15 is 0 Å². The number of benzene rings is 1. The number of aromatic nitrogens is 1. The van der Waals surface area contributed by atoms with Crippen LogP contribution < -0.4 is 16.4 Å². The third-order valence-corrected chi connectivity index (χ3v) is 3.13. The molecule has 0 fully saturated rings. The molecule has 0 aliphatic heterocycles. The Hall–Kier alpha value is -2.56. The first-order chi connectivity index (χ1) is 10.2. The second-order valence-corrected chi connectivity index (χ2v) is 4.69. The maximum atomic E-state index is 11.7. The monoisotopic (exact) mass is 284 g/mol. The molecule has 0 spiro atoms. The van der Waals surface area contributed by atoms with Crippen molar-refractivity contribution in [3.8, 4) is 0 Å². The number of carbonyl (C=O) groups is 1. The molecule has 2 aromatic rings. The molecule has 1 aromatic heterocycles. The zero-order valence-corrected chi connectivity index (χ0v) is 12.1. The number of nitrogens with two attached hydrogens (primary N) is 1. The molecule has 21 heavy (non-hydrogen) atoms. The highest BCUT2D eigenvalue weighted by Gasteiger charge is 2.06. The van der Waals surface area contributed by atoms with Crippen LogP contribution in [0.4, 0.5) is 11.4 Å². The lowest BCUT2D eigenvalue weighted by Crippen LogP contribution is -2.22. The fourth-order valence-electron chi connectivity index (χ4n) is 2.02. The SMILES string of the molecule is CCNC(=O)c1ccc(NCCc2ccncc2)c(N)c1. The van der Waals surface area contributed by atoms with E-state index in [9.17, 15) is 4.79 Å². The molecule has 0 bridgehead atoms. The average molecular weight is 284 g/mol. The summed E-state index contributed by atoms with van der Waals surface area (Å²) in [7, 11) is 0. The van der Waals surface area contributed by atoms with Crippen molar-refractivity contribution in [3.63, 3.8) is 0 Å². The quantitative estimate of drug-likeness (QED) is 0.709. The Kier molecular flexibility index (Phi) is 5.15. The smallest absolute Gasteiger partial charge is 0.251 e. The predicted octanol–water partition coefficient (Wildman–Crippen LogP) is 2.07. The number of hydrogen-bond acceptors (Lipinski definition) is 4. The molecule has 0 saturated heterocycles. The molecule has 4 N–H and O–H groups in total. The first-order valence-electron chi connectivity index (χ1n) is 7.01. The number of amides is 1. The summed E-state index contributed by atoms with van der Waals surface area (Å²) >= 11 is 0. The first-order valence-corrected chi connectivity index (χ1v) is 7.01. The molecule has 5 nitrogen and oxygen atoms in total. The fourth-order valence-corrected chi connectivity index (χ4v) is 2.02.